The van der Waals surface area contributed by atoms with Crippen LogP contribution >= 0.6 is 15.9 Å². The van der Waals surface area contributed by atoms with Crippen LogP contribution in [-0.2, 0) is 16.1 Å². The van der Waals surface area contributed by atoms with Crippen LogP contribution in [0.5, 0.6) is 0 Å². The lowest BCUT2D eigenvalue weighted by Gasteiger charge is -2.19. The van der Waals surface area contributed by atoms with Gasteiger partial charge in [0.1, 0.15) is 6.61 Å². The van der Waals surface area contributed by atoms with E-state index in [-0.39, 0.29) is 17.9 Å². The topological polar surface area (TPSA) is 52.3 Å². The molecule has 4 heteroatoms. The first-order chi connectivity index (χ1) is 9.16. The molecule has 0 saturated heterocycles. The second kappa shape index (κ2) is 7.06. The van der Waals surface area contributed by atoms with Crippen molar-refractivity contribution in [2.75, 3.05) is 0 Å². The van der Waals surface area contributed by atoms with Crippen LogP contribution in [0, 0.1) is 5.92 Å². The molecular weight excluding hydrogens is 306 g/mol. The third-order valence-corrected chi connectivity index (χ3v) is 4.20. The van der Waals surface area contributed by atoms with Gasteiger partial charge in [-0.1, -0.05) is 47.3 Å². The Hall–Kier alpha value is -0.870. The maximum absolute atomic E-state index is 12.1. The SMILES string of the molecule is NC1CCCCCC1C(=O)OCc1ccc(Br)cc1. The van der Waals surface area contributed by atoms with Crippen LogP contribution < -0.4 is 5.73 Å². The van der Waals surface area contributed by atoms with E-state index in [4.69, 9.17) is 10.5 Å². The molecule has 2 atom stereocenters. The Bertz CT molecular complexity index is 419. The molecule has 1 saturated carbocycles. The Morgan fingerprint density at radius 2 is 1.89 bits per heavy atom. The fourth-order valence-electron chi connectivity index (χ4n) is 2.47. The van der Waals surface area contributed by atoms with Crippen molar-refractivity contribution in [3.63, 3.8) is 0 Å². The molecule has 0 aromatic heterocycles. The lowest BCUT2D eigenvalue weighted by Crippen LogP contribution is -2.35. The van der Waals surface area contributed by atoms with Crippen molar-refractivity contribution < 1.29 is 9.53 Å². The van der Waals surface area contributed by atoms with Gasteiger partial charge in [-0.3, -0.25) is 4.79 Å². The van der Waals surface area contributed by atoms with Gasteiger partial charge in [0.05, 0.1) is 5.92 Å². The number of halogens is 1. The Kier molecular flexibility index (Phi) is 5.40. The largest absolute Gasteiger partial charge is 0.461 e. The van der Waals surface area contributed by atoms with Crippen LogP contribution in [0.25, 0.3) is 0 Å². The number of hydrogen-bond acceptors (Lipinski definition) is 3. The van der Waals surface area contributed by atoms with E-state index >= 15 is 0 Å². The third kappa shape index (κ3) is 4.32. The first-order valence-corrected chi connectivity index (χ1v) is 7.63. The maximum Gasteiger partial charge on any atom is 0.310 e. The summed E-state index contributed by atoms with van der Waals surface area (Å²) in [6, 6.07) is 7.75. The molecule has 19 heavy (non-hydrogen) atoms. The molecule has 0 radical (unpaired) electrons. The minimum atomic E-state index is -0.141. The van der Waals surface area contributed by atoms with Gasteiger partial charge >= 0.3 is 5.97 Å². The summed E-state index contributed by atoms with van der Waals surface area (Å²) >= 11 is 3.38. The molecular formula is C15H20BrNO2. The zero-order chi connectivity index (χ0) is 13.7. The number of hydrogen-bond donors (Lipinski definition) is 1. The van der Waals surface area contributed by atoms with E-state index in [1.165, 1.54) is 6.42 Å². The van der Waals surface area contributed by atoms with Crippen LogP contribution in [0.3, 0.4) is 0 Å². The van der Waals surface area contributed by atoms with Crippen molar-refractivity contribution in [3.05, 3.63) is 34.3 Å². The average Bonchev–Trinajstić information content (AvgIpc) is 2.62. The van der Waals surface area contributed by atoms with Gasteiger partial charge in [-0.05, 0) is 30.5 Å². The van der Waals surface area contributed by atoms with Gasteiger partial charge in [-0.15, -0.1) is 0 Å². The van der Waals surface area contributed by atoms with Crippen molar-refractivity contribution in [1.82, 2.24) is 0 Å². The number of rotatable bonds is 3. The molecule has 1 aliphatic carbocycles. The molecule has 2 rings (SSSR count). The molecule has 0 heterocycles. The zero-order valence-electron chi connectivity index (χ0n) is 11.0. The number of nitrogens with two attached hydrogens (primary N) is 1. The average molecular weight is 326 g/mol. The molecule has 2 unspecified atom stereocenters. The van der Waals surface area contributed by atoms with Crippen LogP contribution in [0.1, 0.15) is 37.7 Å². The molecule has 0 amide bonds. The smallest absolute Gasteiger partial charge is 0.310 e. The van der Waals surface area contributed by atoms with Crippen LogP contribution in [0.2, 0.25) is 0 Å². The standard InChI is InChI=1S/C15H20BrNO2/c16-12-8-6-11(7-9-12)10-19-15(18)13-4-2-1-3-5-14(13)17/h6-9,13-14H,1-5,10,17H2. The molecule has 1 aromatic rings. The molecule has 3 nitrogen and oxygen atoms in total. The second-order valence-electron chi connectivity index (χ2n) is 5.14. The van der Waals surface area contributed by atoms with Crippen molar-refractivity contribution >= 4 is 21.9 Å². The first kappa shape index (κ1) is 14.5. The van der Waals surface area contributed by atoms with Gasteiger partial charge in [-0.25, -0.2) is 0 Å². The van der Waals surface area contributed by atoms with Crippen LogP contribution in [0.15, 0.2) is 28.7 Å². The molecule has 1 aromatic carbocycles. The number of benzene rings is 1. The predicted octanol–water partition coefficient (Wildman–Crippen LogP) is 3.40. The Morgan fingerprint density at radius 3 is 2.63 bits per heavy atom. The summed E-state index contributed by atoms with van der Waals surface area (Å²) in [5.41, 5.74) is 7.06. The quantitative estimate of drug-likeness (QED) is 0.684. The minimum Gasteiger partial charge on any atom is -0.461 e. The van der Waals surface area contributed by atoms with Gasteiger partial charge in [-0.2, -0.15) is 0 Å². The van der Waals surface area contributed by atoms with Gasteiger partial charge in [0.25, 0.3) is 0 Å². The van der Waals surface area contributed by atoms with Crippen molar-refractivity contribution in [2.24, 2.45) is 11.7 Å². The molecule has 0 bridgehead atoms. The van der Waals surface area contributed by atoms with E-state index in [2.05, 4.69) is 15.9 Å². The lowest BCUT2D eigenvalue weighted by molar-refractivity contribution is -0.150. The van der Waals surface area contributed by atoms with E-state index in [0.29, 0.717) is 6.61 Å². The van der Waals surface area contributed by atoms with Gasteiger partial charge in [0, 0.05) is 10.5 Å². The Labute approximate surface area is 122 Å². The summed E-state index contributed by atoms with van der Waals surface area (Å²) in [6.07, 6.45) is 5.16. The highest BCUT2D eigenvalue weighted by molar-refractivity contribution is 9.10. The fourth-order valence-corrected chi connectivity index (χ4v) is 2.74. The van der Waals surface area contributed by atoms with Gasteiger partial charge in [0.15, 0.2) is 0 Å². The van der Waals surface area contributed by atoms with E-state index in [1.54, 1.807) is 0 Å². The maximum atomic E-state index is 12.1. The van der Waals surface area contributed by atoms with Gasteiger partial charge in [0.2, 0.25) is 0 Å². The summed E-state index contributed by atoms with van der Waals surface area (Å²) in [6.45, 7) is 0.329. The molecule has 2 N–H and O–H groups in total. The number of carbonyl (C=O) groups excluding carboxylic acids is 1. The minimum absolute atomic E-state index is 0.0417. The van der Waals surface area contributed by atoms with Crippen LogP contribution in [-0.4, -0.2) is 12.0 Å². The van der Waals surface area contributed by atoms with E-state index in [9.17, 15) is 4.79 Å². The summed E-state index contributed by atoms with van der Waals surface area (Å²) < 4.78 is 6.42. The predicted molar refractivity (Wildman–Crippen MR) is 78.5 cm³/mol. The van der Waals surface area contributed by atoms with E-state index in [0.717, 1.165) is 35.7 Å². The Morgan fingerprint density at radius 1 is 1.21 bits per heavy atom. The third-order valence-electron chi connectivity index (χ3n) is 3.67. The number of ether oxygens (including phenoxy) is 1. The molecule has 1 fully saturated rings. The van der Waals surface area contributed by atoms with E-state index in [1.807, 2.05) is 24.3 Å². The van der Waals surface area contributed by atoms with E-state index < -0.39 is 0 Å². The summed E-state index contributed by atoms with van der Waals surface area (Å²) in [4.78, 5) is 12.1. The number of esters is 1. The summed E-state index contributed by atoms with van der Waals surface area (Å²) in [5, 5.41) is 0. The molecule has 1 aliphatic rings. The second-order valence-corrected chi connectivity index (χ2v) is 6.06. The Balaban J connectivity index is 1.87. The fraction of sp³-hybridized carbons (Fsp3) is 0.533. The molecule has 0 spiro atoms. The first-order valence-electron chi connectivity index (χ1n) is 6.83. The summed E-state index contributed by atoms with van der Waals surface area (Å²) in [7, 11) is 0. The number of carbonyl (C=O) groups is 1. The monoisotopic (exact) mass is 325 g/mol. The van der Waals surface area contributed by atoms with Crippen LogP contribution in [0.4, 0.5) is 0 Å². The highest BCUT2D eigenvalue weighted by Gasteiger charge is 2.28. The van der Waals surface area contributed by atoms with Gasteiger partial charge < -0.3 is 10.5 Å². The summed E-state index contributed by atoms with van der Waals surface area (Å²) in [5.74, 6) is -0.268. The highest BCUT2D eigenvalue weighted by Crippen LogP contribution is 2.23. The molecule has 104 valence electrons. The normalized spacial score (nSPS) is 23.7. The lowest BCUT2D eigenvalue weighted by atomic mass is 9.96. The van der Waals surface area contributed by atoms with Crippen molar-refractivity contribution in [2.45, 2.75) is 44.8 Å². The molecule has 0 aliphatic heterocycles. The van der Waals surface area contributed by atoms with Crippen molar-refractivity contribution in [3.8, 4) is 0 Å². The zero-order valence-corrected chi connectivity index (χ0v) is 12.6. The highest BCUT2D eigenvalue weighted by atomic mass is 79.9. The van der Waals surface area contributed by atoms with Crippen molar-refractivity contribution in [1.29, 1.82) is 0 Å².